The van der Waals surface area contributed by atoms with Crippen molar-refractivity contribution in [1.82, 2.24) is 9.55 Å². The van der Waals surface area contributed by atoms with Crippen LogP contribution >= 0.6 is 11.3 Å². The highest BCUT2D eigenvalue weighted by molar-refractivity contribution is 7.22. The van der Waals surface area contributed by atoms with Gasteiger partial charge in [0.15, 0.2) is 5.78 Å². The first-order chi connectivity index (χ1) is 14.4. The Hall–Kier alpha value is -3.25. The fraction of sp³-hybridized carbons (Fsp3) is 0.208. The van der Waals surface area contributed by atoms with Crippen molar-refractivity contribution >= 4 is 27.3 Å². The van der Waals surface area contributed by atoms with Crippen LogP contribution in [0.4, 0.5) is 0 Å². The first-order valence-corrected chi connectivity index (χ1v) is 10.4. The van der Waals surface area contributed by atoms with Gasteiger partial charge in [-0.1, -0.05) is 6.07 Å². The lowest BCUT2D eigenvalue weighted by atomic mass is 9.98. The Bertz CT molecular complexity index is 1320. The van der Waals surface area contributed by atoms with E-state index in [-0.39, 0.29) is 17.9 Å². The molecule has 0 spiro atoms. The molecule has 0 atom stereocenters. The number of benzene rings is 2. The number of hydrogen-bond acceptors (Lipinski definition) is 5. The minimum absolute atomic E-state index is 0.0269. The number of carbonyl (C=O) groups is 1. The molecule has 4 rings (SSSR count). The molecule has 0 saturated carbocycles. The largest absolute Gasteiger partial charge is 0.497 e. The van der Waals surface area contributed by atoms with E-state index in [4.69, 9.17) is 4.74 Å². The van der Waals surface area contributed by atoms with Gasteiger partial charge in [0.05, 0.1) is 25.5 Å². The van der Waals surface area contributed by atoms with Crippen LogP contribution in [-0.4, -0.2) is 22.4 Å². The summed E-state index contributed by atoms with van der Waals surface area (Å²) in [5, 5.41) is 0. The van der Waals surface area contributed by atoms with Gasteiger partial charge in [0.1, 0.15) is 10.4 Å². The van der Waals surface area contributed by atoms with Crippen molar-refractivity contribution in [2.45, 2.75) is 27.3 Å². The lowest BCUT2D eigenvalue weighted by Crippen LogP contribution is -2.24. The van der Waals surface area contributed by atoms with Crippen LogP contribution in [0.25, 0.3) is 20.7 Å². The summed E-state index contributed by atoms with van der Waals surface area (Å²) in [5.41, 5.74) is 5.22. The minimum Gasteiger partial charge on any atom is -0.497 e. The zero-order valence-corrected chi connectivity index (χ0v) is 18.2. The van der Waals surface area contributed by atoms with Crippen molar-refractivity contribution < 1.29 is 9.53 Å². The summed E-state index contributed by atoms with van der Waals surface area (Å²) in [6.45, 7) is 5.90. The number of methoxy groups -OCH3 is 1. The van der Waals surface area contributed by atoms with Gasteiger partial charge < -0.3 is 4.74 Å². The molecule has 0 saturated heterocycles. The molecule has 2 aromatic heterocycles. The van der Waals surface area contributed by atoms with Crippen LogP contribution in [-0.2, 0) is 6.54 Å². The maximum atomic E-state index is 13.0. The number of thiophene rings is 1. The van der Waals surface area contributed by atoms with Crippen molar-refractivity contribution in [2.75, 3.05) is 7.11 Å². The average molecular weight is 419 g/mol. The topological polar surface area (TPSA) is 61.2 Å². The monoisotopic (exact) mass is 418 g/mol. The molecule has 0 aliphatic carbocycles. The smallest absolute Gasteiger partial charge is 0.271 e. The van der Waals surface area contributed by atoms with Crippen molar-refractivity contribution in [3.63, 3.8) is 0 Å². The Morgan fingerprint density at radius 3 is 2.43 bits per heavy atom. The van der Waals surface area contributed by atoms with Gasteiger partial charge in [-0.2, -0.15) is 0 Å². The van der Waals surface area contributed by atoms with Crippen LogP contribution in [0.3, 0.4) is 0 Å². The van der Waals surface area contributed by atoms with Gasteiger partial charge in [0.25, 0.3) is 5.56 Å². The lowest BCUT2D eigenvalue weighted by molar-refractivity contribution is 0.0970. The molecule has 30 heavy (non-hydrogen) atoms. The minimum atomic E-state index is -0.195. The SMILES string of the molecule is COc1ccc(-c2cc3ncn(CC(=O)c4cc(C)c(C)cc4C)c(=O)c3s2)cc1. The molecule has 5 nitrogen and oxygen atoms in total. The van der Waals surface area contributed by atoms with Crippen molar-refractivity contribution in [3.05, 3.63) is 81.4 Å². The number of rotatable bonds is 5. The fourth-order valence-corrected chi connectivity index (χ4v) is 4.52. The molecule has 6 heteroatoms. The fourth-order valence-electron chi connectivity index (χ4n) is 3.46. The van der Waals surface area contributed by atoms with E-state index in [1.807, 2.05) is 63.2 Å². The number of aryl methyl sites for hydroxylation is 3. The first-order valence-electron chi connectivity index (χ1n) is 9.62. The van der Waals surface area contributed by atoms with Crippen LogP contribution in [0.15, 0.2) is 53.6 Å². The Balaban J connectivity index is 1.67. The van der Waals surface area contributed by atoms with Crippen LogP contribution in [0.1, 0.15) is 27.0 Å². The zero-order valence-electron chi connectivity index (χ0n) is 17.4. The van der Waals surface area contributed by atoms with E-state index in [2.05, 4.69) is 4.98 Å². The van der Waals surface area contributed by atoms with Crippen LogP contribution in [0.2, 0.25) is 0 Å². The van der Waals surface area contributed by atoms with Gasteiger partial charge in [-0.25, -0.2) is 4.98 Å². The molecule has 2 aromatic carbocycles. The van der Waals surface area contributed by atoms with Gasteiger partial charge >= 0.3 is 0 Å². The van der Waals surface area contributed by atoms with E-state index in [1.54, 1.807) is 7.11 Å². The summed E-state index contributed by atoms with van der Waals surface area (Å²) in [6.07, 6.45) is 1.46. The van der Waals surface area contributed by atoms with Gasteiger partial charge in [0.2, 0.25) is 0 Å². The van der Waals surface area contributed by atoms with E-state index in [9.17, 15) is 9.59 Å². The van der Waals surface area contributed by atoms with E-state index in [0.717, 1.165) is 32.9 Å². The summed E-state index contributed by atoms with van der Waals surface area (Å²) in [6, 6.07) is 13.5. The highest BCUT2D eigenvalue weighted by Crippen LogP contribution is 2.31. The second-order valence-corrected chi connectivity index (χ2v) is 8.46. The third-order valence-electron chi connectivity index (χ3n) is 5.33. The normalized spacial score (nSPS) is 11.1. The van der Waals surface area contributed by atoms with E-state index < -0.39 is 0 Å². The number of Topliss-reactive ketones (excluding diaryl/α,β-unsaturated/α-hetero) is 1. The quantitative estimate of drug-likeness (QED) is 0.431. The van der Waals surface area contributed by atoms with E-state index in [1.165, 1.54) is 22.2 Å². The average Bonchev–Trinajstić information content (AvgIpc) is 3.18. The molecule has 0 radical (unpaired) electrons. The van der Waals surface area contributed by atoms with Crippen molar-refractivity contribution in [3.8, 4) is 16.2 Å². The highest BCUT2D eigenvalue weighted by Gasteiger charge is 2.15. The molecule has 0 N–H and O–H groups in total. The molecular formula is C24H22N2O3S. The zero-order chi connectivity index (χ0) is 21.4. The predicted molar refractivity (Wildman–Crippen MR) is 121 cm³/mol. The third-order valence-corrected chi connectivity index (χ3v) is 6.49. The molecule has 0 aliphatic heterocycles. The van der Waals surface area contributed by atoms with E-state index >= 15 is 0 Å². The molecule has 0 amide bonds. The van der Waals surface area contributed by atoms with Gasteiger partial charge in [-0.15, -0.1) is 11.3 Å². The number of carbonyl (C=O) groups excluding carboxylic acids is 1. The highest BCUT2D eigenvalue weighted by atomic mass is 32.1. The van der Waals surface area contributed by atoms with E-state index in [0.29, 0.717) is 15.8 Å². The predicted octanol–water partition coefficient (Wildman–Crippen LogP) is 4.94. The summed E-state index contributed by atoms with van der Waals surface area (Å²) in [5.74, 6) is 0.686. The Morgan fingerprint density at radius 2 is 1.73 bits per heavy atom. The maximum Gasteiger partial charge on any atom is 0.271 e. The number of ether oxygens (including phenoxy) is 1. The Kier molecular flexibility index (Phi) is 5.26. The van der Waals surface area contributed by atoms with Crippen LogP contribution in [0.5, 0.6) is 5.75 Å². The first kappa shape index (κ1) is 20.0. The number of aromatic nitrogens is 2. The summed E-state index contributed by atoms with van der Waals surface area (Å²) >= 11 is 1.39. The second-order valence-electron chi connectivity index (χ2n) is 7.41. The molecule has 152 valence electrons. The van der Waals surface area contributed by atoms with Gasteiger partial charge in [-0.05, 0) is 79.4 Å². The number of ketones is 1. The van der Waals surface area contributed by atoms with Crippen molar-refractivity contribution in [2.24, 2.45) is 0 Å². The van der Waals surface area contributed by atoms with Gasteiger partial charge in [0, 0.05) is 10.4 Å². The lowest BCUT2D eigenvalue weighted by Gasteiger charge is -2.10. The molecule has 4 aromatic rings. The van der Waals surface area contributed by atoms with Gasteiger partial charge in [-0.3, -0.25) is 14.2 Å². The number of hydrogen-bond donors (Lipinski definition) is 0. The molecule has 0 fully saturated rings. The number of nitrogens with zero attached hydrogens (tertiary/aromatic N) is 2. The summed E-state index contributed by atoms with van der Waals surface area (Å²) in [7, 11) is 1.63. The summed E-state index contributed by atoms with van der Waals surface area (Å²) in [4.78, 5) is 31.3. The summed E-state index contributed by atoms with van der Waals surface area (Å²) < 4.78 is 7.15. The molecule has 2 heterocycles. The Labute approximate surface area is 178 Å². The molecule has 0 unspecified atom stereocenters. The standard InChI is InChI=1S/C24H22N2O3S/c1-14-9-16(3)19(10-15(14)2)21(27)12-26-13-25-20-11-22(30-23(20)24(26)28)17-5-7-18(29-4)8-6-17/h5-11,13H,12H2,1-4H3. The van der Waals surface area contributed by atoms with Crippen molar-refractivity contribution in [1.29, 1.82) is 0 Å². The molecular weight excluding hydrogens is 396 g/mol. The second kappa shape index (κ2) is 7.88. The maximum absolute atomic E-state index is 13.0. The third kappa shape index (κ3) is 3.66. The Morgan fingerprint density at radius 1 is 1.03 bits per heavy atom. The van der Waals surface area contributed by atoms with Crippen LogP contribution < -0.4 is 10.3 Å². The number of fused-ring (bicyclic) bond motifs is 1. The van der Waals surface area contributed by atoms with Crippen LogP contribution in [0, 0.1) is 20.8 Å². The molecule has 0 aliphatic rings. The molecule has 0 bridgehead atoms.